The van der Waals surface area contributed by atoms with Gasteiger partial charge in [-0.1, -0.05) is 12.1 Å². The first-order chi connectivity index (χ1) is 8.63. The third-order valence-corrected chi connectivity index (χ3v) is 3.87. The number of likely N-dealkylation sites (tertiary alicyclic amines) is 1. The Bertz CT molecular complexity index is 449. The summed E-state index contributed by atoms with van der Waals surface area (Å²) >= 11 is 0. The Labute approximate surface area is 105 Å². The molecule has 18 heavy (non-hydrogen) atoms. The average molecular weight is 251 g/mol. The molecule has 2 aliphatic rings. The third kappa shape index (κ3) is 2.25. The minimum absolute atomic E-state index is 0.244. The molecule has 0 aromatic carbocycles. The second-order valence-electron chi connectivity index (χ2n) is 5.40. The first kappa shape index (κ1) is 11.6. The van der Waals surface area contributed by atoms with Gasteiger partial charge < -0.3 is 9.63 Å². The highest BCUT2D eigenvalue weighted by atomic mass is 16.5. The lowest BCUT2D eigenvalue weighted by Gasteiger charge is -2.40. The number of nitrogens with zero attached hydrogens (tertiary/aromatic N) is 3. The molecule has 1 aromatic rings. The monoisotopic (exact) mass is 251 g/mol. The average Bonchev–Trinajstić information content (AvgIpc) is 3.03. The third-order valence-electron chi connectivity index (χ3n) is 3.87. The van der Waals surface area contributed by atoms with E-state index in [4.69, 9.17) is 9.63 Å². The van der Waals surface area contributed by atoms with Crippen LogP contribution in [0.1, 0.15) is 37.4 Å². The lowest BCUT2D eigenvalue weighted by Crippen LogP contribution is -2.50. The molecule has 1 unspecified atom stereocenters. The summed E-state index contributed by atoms with van der Waals surface area (Å²) in [5.74, 6) is 1.26. The maximum atomic E-state index is 10.8. The van der Waals surface area contributed by atoms with Crippen LogP contribution >= 0.6 is 0 Å². The van der Waals surface area contributed by atoms with Crippen molar-refractivity contribution in [3.63, 3.8) is 0 Å². The van der Waals surface area contributed by atoms with E-state index in [9.17, 15) is 4.79 Å². The van der Waals surface area contributed by atoms with Crippen molar-refractivity contribution in [3.8, 4) is 0 Å². The van der Waals surface area contributed by atoms with Crippen LogP contribution in [-0.4, -0.2) is 39.2 Å². The smallest absolute Gasteiger partial charge is 0.306 e. The fraction of sp³-hybridized carbons (Fsp3) is 0.750. The Morgan fingerprint density at radius 3 is 2.89 bits per heavy atom. The second-order valence-corrected chi connectivity index (χ2v) is 5.40. The number of aliphatic carboxylic acids is 1. The molecule has 98 valence electrons. The summed E-state index contributed by atoms with van der Waals surface area (Å²) in [6.07, 6.45) is 2.34. The second kappa shape index (κ2) is 4.35. The van der Waals surface area contributed by atoms with Gasteiger partial charge in [0.25, 0.3) is 0 Å². The van der Waals surface area contributed by atoms with Crippen molar-refractivity contribution in [1.29, 1.82) is 0 Å². The van der Waals surface area contributed by atoms with Crippen LogP contribution in [0.4, 0.5) is 0 Å². The van der Waals surface area contributed by atoms with Gasteiger partial charge in [-0.3, -0.25) is 9.69 Å². The summed E-state index contributed by atoms with van der Waals surface area (Å²) < 4.78 is 5.20. The molecule has 1 saturated heterocycles. The fourth-order valence-corrected chi connectivity index (χ4v) is 2.29. The number of rotatable bonds is 5. The Hall–Kier alpha value is -1.43. The number of aromatic nitrogens is 2. The number of carboxylic acids is 1. The topological polar surface area (TPSA) is 79.5 Å². The van der Waals surface area contributed by atoms with Crippen molar-refractivity contribution in [3.05, 3.63) is 11.7 Å². The Balaban J connectivity index is 1.48. The molecule has 1 aliphatic carbocycles. The SMILES string of the molecule is CC(C(=O)O)C1CN(Cc2nc(C3CC3)no2)C1. The molecular weight excluding hydrogens is 234 g/mol. The van der Waals surface area contributed by atoms with Crippen molar-refractivity contribution in [2.24, 2.45) is 11.8 Å². The van der Waals surface area contributed by atoms with Gasteiger partial charge in [0.05, 0.1) is 12.5 Å². The molecule has 0 spiro atoms. The van der Waals surface area contributed by atoms with Gasteiger partial charge in [-0.15, -0.1) is 0 Å². The van der Waals surface area contributed by atoms with E-state index in [1.54, 1.807) is 6.92 Å². The van der Waals surface area contributed by atoms with Crippen molar-refractivity contribution in [1.82, 2.24) is 15.0 Å². The van der Waals surface area contributed by atoms with Crippen LogP contribution in [0.25, 0.3) is 0 Å². The van der Waals surface area contributed by atoms with E-state index in [1.807, 2.05) is 0 Å². The quantitative estimate of drug-likeness (QED) is 0.844. The van der Waals surface area contributed by atoms with E-state index in [0.717, 1.165) is 18.9 Å². The highest BCUT2D eigenvalue weighted by Gasteiger charge is 2.35. The van der Waals surface area contributed by atoms with Crippen LogP contribution in [0, 0.1) is 11.8 Å². The summed E-state index contributed by atoms with van der Waals surface area (Å²) in [5, 5.41) is 12.9. The van der Waals surface area contributed by atoms with E-state index >= 15 is 0 Å². The molecule has 1 saturated carbocycles. The summed E-state index contributed by atoms with van der Waals surface area (Å²) in [7, 11) is 0. The molecule has 6 nitrogen and oxygen atoms in total. The first-order valence-corrected chi connectivity index (χ1v) is 6.41. The predicted molar refractivity (Wildman–Crippen MR) is 61.8 cm³/mol. The standard InChI is InChI=1S/C12H17N3O3/c1-7(12(16)17)9-4-15(5-9)6-10-13-11(14-18-10)8-2-3-8/h7-9H,2-6H2,1H3,(H,16,17). The van der Waals surface area contributed by atoms with Gasteiger partial charge in [-0.2, -0.15) is 4.98 Å². The summed E-state index contributed by atoms with van der Waals surface area (Å²) in [4.78, 5) is 17.3. The summed E-state index contributed by atoms with van der Waals surface area (Å²) in [6.45, 7) is 4.01. The zero-order valence-corrected chi connectivity index (χ0v) is 10.4. The maximum Gasteiger partial charge on any atom is 0.306 e. The summed E-state index contributed by atoms with van der Waals surface area (Å²) in [6, 6.07) is 0. The minimum Gasteiger partial charge on any atom is -0.481 e. The van der Waals surface area contributed by atoms with E-state index in [-0.39, 0.29) is 11.8 Å². The van der Waals surface area contributed by atoms with Crippen LogP contribution < -0.4 is 0 Å². The lowest BCUT2D eigenvalue weighted by atomic mass is 9.87. The Morgan fingerprint density at radius 1 is 1.56 bits per heavy atom. The van der Waals surface area contributed by atoms with Gasteiger partial charge in [0, 0.05) is 19.0 Å². The number of hydrogen-bond acceptors (Lipinski definition) is 5. The van der Waals surface area contributed by atoms with Gasteiger partial charge in [0.1, 0.15) is 0 Å². The molecule has 1 aromatic heterocycles. The molecule has 1 aliphatic heterocycles. The van der Waals surface area contributed by atoms with Crippen molar-refractivity contribution < 1.29 is 14.4 Å². The van der Waals surface area contributed by atoms with Crippen molar-refractivity contribution >= 4 is 5.97 Å². The fourth-order valence-electron chi connectivity index (χ4n) is 2.29. The zero-order chi connectivity index (χ0) is 12.7. The van der Waals surface area contributed by atoms with Crippen LogP contribution in [0.5, 0.6) is 0 Å². The van der Waals surface area contributed by atoms with E-state index in [0.29, 0.717) is 18.4 Å². The molecule has 1 atom stereocenters. The van der Waals surface area contributed by atoms with Crippen LogP contribution in [-0.2, 0) is 11.3 Å². The molecule has 1 N–H and O–H groups in total. The van der Waals surface area contributed by atoms with Crippen molar-refractivity contribution in [2.75, 3.05) is 13.1 Å². The van der Waals surface area contributed by atoms with Crippen LogP contribution in [0.3, 0.4) is 0 Å². The summed E-state index contributed by atoms with van der Waals surface area (Å²) in [5.41, 5.74) is 0. The highest BCUT2D eigenvalue weighted by Crippen LogP contribution is 2.38. The van der Waals surface area contributed by atoms with Gasteiger partial charge in [-0.05, 0) is 18.8 Å². The van der Waals surface area contributed by atoms with E-state index in [2.05, 4.69) is 15.0 Å². The highest BCUT2D eigenvalue weighted by molar-refractivity contribution is 5.70. The lowest BCUT2D eigenvalue weighted by molar-refractivity contribution is -0.145. The van der Waals surface area contributed by atoms with E-state index < -0.39 is 5.97 Å². The van der Waals surface area contributed by atoms with E-state index in [1.165, 1.54) is 12.8 Å². The van der Waals surface area contributed by atoms with Gasteiger partial charge in [0.2, 0.25) is 5.89 Å². The molecule has 3 rings (SSSR count). The predicted octanol–water partition coefficient (Wildman–Crippen LogP) is 1.10. The van der Waals surface area contributed by atoms with Crippen LogP contribution in [0.2, 0.25) is 0 Å². The number of carboxylic acid groups (broad SMARTS) is 1. The maximum absolute atomic E-state index is 10.8. The van der Waals surface area contributed by atoms with Crippen LogP contribution in [0.15, 0.2) is 4.52 Å². The van der Waals surface area contributed by atoms with Gasteiger partial charge in [-0.25, -0.2) is 0 Å². The molecule has 2 heterocycles. The first-order valence-electron chi connectivity index (χ1n) is 6.41. The molecular formula is C12H17N3O3. The zero-order valence-electron chi connectivity index (χ0n) is 10.4. The normalized spacial score (nSPS) is 22.7. The Morgan fingerprint density at radius 2 is 2.28 bits per heavy atom. The largest absolute Gasteiger partial charge is 0.481 e. The molecule has 0 bridgehead atoms. The molecule has 2 fully saturated rings. The number of carbonyl (C=O) groups is 1. The minimum atomic E-state index is -0.714. The molecule has 6 heteroatoms. The number of hydrogen-bond donors (Lipinski definition) is 1. The molecule has 0 radical (unpaired) electrons. The van der Waals surface area contributed by atoms with Gasteiger partial charge in [0.15, 0.2) is 5.82 Å². The molecule has 0 amide bonds. The Kier molecular flexibility index (Phi) is 2.81. The van der Waals surface area contributed by atoms with Gasteiger partial charge >= 0.3 is 5.97 Å². The van der Waals surface area contributed by atoms with Crippen molar-refractivity contribution in [2.45, 2.75) is 32.2 Å².